The van der Waals surface area contributed by atoms with Gasteiger partial charge in [-0.05, 0) is 70.3 Å². The van der Waals surface area contributed by atoms with Crippen molar-refractivity contribution in [3.8, 4) is 5.75 Å². The second-order valence-electron chi connectivity index (χ2n) is 5.81. The summed E-state index contributed by atoms with van der Waals surface area (Å²) in [5, 5.41) is 3.40. The molecule has 0 aromatic heterocycles. The van der Waals surface area contributed by atoms with E-state index in [9.17, 15) is 0 Å². The van der Waals surface area contributed by atoms with Gasteiger partial charge >= 0.3 is 0 Å². The van der Waals surface area contributed by atoms with E-state index in [-0.39, 0.29) is 5.60 Å². The van der Waals surface area contributed by atoms with Gasteiger partial charge in [-0.3, -0.25) is 0 Å². The molecule has 2 heteroatoms. The molecule has 1 aromatic rings. The Morgan fingerprint density at radius 2 is 1.65 bits per heavy atom. The van der Waals surface area contributed by atoms with E-state index in [4.69, 9.17) is 4.74 Å². The van der Waals surface area contributed by atoms with Crippen LogP contribution in [-0.4, -0.2) is 18.7 Å². The molecule has 1 aromatic carbocycles. The predicted octanol–water partition coefficient (Wildman–Crippen LogP) is 3.33. The molecule has 0 saturated carbocycles. The van der Waals surface area contributed by atoms with Crippen LogP contribution in [0.3, 0.4) is 0 Å². The summed E-state index contributed by atoms with van der Waals surface area (Å²) in [6.07, 6.45) is 2.50. The molecule has 1 aliphatic rings. The lowest BCUT2D eigenvalue weighted by Crippen LogP contribution is -2.26. The van der Waals surface area contributed by atoms with Crippen LogP contribution < -0.4 is 10.1 Å². The van der Waals surface area contributed by atoms with E-state index in [0.29, 0.717) is 0 Å². The van der Waals surface area contributed by atoms with Crippen LogP contribution in [0, 0.1) is 0 Å². The largest absolute Gasteiger partial charge is 0.488 e. The lowest BCUT2D eigenvalue weighted by Gasteiger charge is -2.24. The van der Waals surface area contributed by atoms with E-state index in [1.807, 2.05) is 0 Å². The third kappa shape index (κ3) is 3.74. The van der Waals surface area contributed by atoms with Gasteiger partial charge in [0.2, 0.25) is 0 Å². The average Bonchev–Trinajstić information content (AvgIpc) is 2.29. The molecule has 1 fully saturated rings. The fourth-order valence-electron chi connectivity index (χ4n) is 2.32. The fraction of sp³-hybridized carbons (Fsp3) is 0.600. The lowest BCUT2D eigenvalue weighted by molar-refractivity contribution is 0.131. The highest BCUT2D eigenvalue weighted by Crippen LogP contribution is 2.27. The SMILES string of the molecule is CC(C)(C)Oc1ccc(C2CCNCC2)cc1. The van der Waals surface area contributed by atoms with Crippen LogP contribution in [0.15, 0.2) is 24.3 Å². The maximum Gasteiger partial charge on any atom is 0.120 e. The normalized spacial score (nSPS) is 18.1. The quantitative estimate of drug-likeness (QED) is 0.846. The summed E-state index contributed by atoms with van der Waals surface area (Å²) < 4.78 is 5.83. The van der Waals surface area contributed by atoms with Gasteiger partial charge in [0.25, 0.3) is 0 Å². The highest BCUT2D eigenvalue weighted by molar-refractivity contribution is 5.30. The first-order chi connectivity index (χ1) is 8.04. The molecule has 2 nitrogen and oxygen atoms in total. The van der Waals surface area contributed by atoms with Gasteiger partial charge < -0.3 is 10.1 Å². The molecule has 0 radical (unpaired) electrons. The van der Waals surface area contributed by atoms with Gasteiger partial charge in [-0.15, -0.1) is 0 Å². The van der Waals surface area contributed by atoms with Crippen LogP contribution in [0.1, 0.15) is 45.1 Å². The zero-order valence-corrected chi connectivity index (χ0v) is 11.1. The van der Waals surface area contributed by atoms with Gasteiger partial charge in [-0.25, -0.2) is 0 Å². The number of piperidine rings is 1. The van der Waals surface area contributed by atoms with Crippen molar-refractivity contribution in [1.82, 2.24) is 5.32 Å². The summed E-state index contributed by atoms with van der Waals surface area (Å²) in [7, 11) is 0. The molecule has 0 aliphatic carbocycles. The lowest BCUT2D eigenvalue weighted by atomic mass is 9.90. The first kappa shape index (κ1) is 12.4. The molecule has 1 heterocycles. The number of nitrogens with one attached hydrogen (secondary N) is 1. The van der Waals surface area contributed by atoms with Gasteiger partial charge in [0.1, 0.15) is 11.4 Å². The minimum Gasteiger partial charge on any atom is -0.488 e. The summed E-state index contributed by atoms with van der Waals surface area (Å²) in [6, 6.07) is 8.64. The van der Waals surface area contributed by atoms with Crippen molar-refractivity contribution < 1.29 is 4.74 Å². The van der Waals surface area contributed by atoms with Crippen molar-refractivity contribution in [2.75, 3.05) is 13.1 Å². The average molecular weight is 233 g/mol. The van der Waals surface area contributed by atoms with Crippen LogP contribution in [0.2, 0.25) is 0 Å². The van der Waals surface area contributed by atoms with Crippen molar-refractivity contribution in [2.45, 2.75) is 45.1 Å². The Labute approximate surface area is 104 Å². The van der Waals surface area contributed by atoms with Crippen LogP contribution in [0.4, 0.5) is 0 Å². The van der Waals surface area contributed by atoms with Crippen molar-refractivity contribution >= 4 is 0 Å². The van der Waals surface area contributed by atoms with Crippen molar-refractivity contribution in [1.29, 1.82) is 0 Å². The van der Waals surface area contributed by atoms with Gasteiger partial charge in [0.15, 0.2) is 0 Å². The Morgan fingerprint density at radius 3 is 2.18 bits per heavy atom. The zero-order valence-electron chi connectivity index (χ0n) is 11.1. The Morgan fingerprint density at radius 1 is 1.06 bits per heavy atom. The minimum absolute atomic E-state index is 0.115. The summed E-state index contributed by atoms with van der Waals surface area (Å²) in [5.74, 6) is 1.69. The van der Waals surface area contributed by atoms with E-state index in [0.717, 1.165) is 24.8 Å². The predicted molar refractivity (Wildman–Crippen MR) is 71.7 cm³/mol. The number of rotatable bonds is 2. The molecule has 1 N–H and O–H groups in total. The molecule has 1 aliphatic heterocycles. The first-order valence-corrected chi connectivity index (χ1v) is 6.54. The molecular formula is C15H23NO. The summed E-state index contributed by atoms with van der Waals surface area (Å²) in [4.78, 5) is 0. The summed E-state index contributed by atoms with van der Waals surface area (Å²) in [6.45, 7) is 8.52. The van der Waals surface area contributed by atoms with Gasteiger partial charge in [-0.2, -0.15) is 0 Å². The molecule has 1 saturated heterocycles. The summed E-state index contributed by atoms with van der Waals surface area (Å²) in [5.41, 5.74) is 1.34. The zero-order chi connectivity index (χ0) is 12.3. The van der Waals surface area contributed by atoms with Crippen LogP contribution in [0.5, 0.6) is 5.75 Å². The maximum absolute atomic E-state index is 5.83. The van der Waals surface area contributed by atoms with Crippen molar-refractivity contribution in [3.63, 3.8) is 0 Å². The molecular weight excluding hydrogens is 210 g/mol. The summed E-state index contributed by atoms with van der Waals surface area (Å²) >= 11 is 0. The number of hydrogen-bond donors (Lipinski definition) is 1. The third-order valence-corrected chi connectivity index (χ3v) is 3.11. The third-order valence-electron chi connectivity index (χ3n) is 3.11. The molecule has 0 spiro atoms. The van der Waals surface area contributed by atoms with Crippen LogP contribution in [0.25, 0.3) is 0 Å². The van der Waals surface area contributed by atoms with E-state index in [2.05, 4.69) is 50.4 Å². The van der Waals surface area contributed by atoms with Crippen molar-refractivity contribution in [3.05, 3.63) is 29.8 Å². The molecule has 17 heavy (non-hydrogen) atoms. The second-order valence-corrected chi connectivity index (χ2v) is 5.81. The van der Waals surface area contributed by atoms with E-state index >= 15 is 0 Å². The monoisotopic (exact) mass is 233 g/mol. The van der Waals surface area contributed by atoms with E-state index in [1.165, 1.54) is 18.4 Å². The topological polar surface area (TPSA) is 21.3 Å². The Balaban J connectivity index is 2.02. The molecule has 2 rings (SSSR count). The molecule has 0 bridgehead atoms. The fourth-order valence-corrected chi connectivity index (χ4v) is 2.32. The van der Waals surface area contributed by atoms with Gasteiger partial charge in [-0.1, -0.05) is 12.1 Å². The highest BCUT2D eigenvalue weighted by atomic mass is 16.5. The van der Waals surface area contributed by atoms with Crippen LogP contribution in [-0.2, 0) is 0 Å². The molecule has 0 unspecified atom stereocenters. The maximum atomic E-state index is 5.83. The Hall–Kier alpha value is -1.02. The Kier molecular flexibility index (Phi) is 3.72. The molecule has 94 valence electrons. The van der Waals surface area contributed by atoms with Gasteiger partial charge in [0, 0.05) is 0 Å². The van der Waals surface area contributed by atoms with E-state index in [1.54, 1.807) is 0 Å². The van der Waals surface area contributed by atoms with Gasteiger partial charge in [0.05, 0.1) is 0 Å². The standard InChI is InChI=1S/C15H23NO/c1-15(2,3)17-14-6-4-12(5-7-14)13-8-10-16-11-9-13/h4-7,13,16H,8-11H2,1-3H3. The Bertz CT molecular complexity index is 344. The number of ether oxygens (including phenoxy) is 1. The highest BCUT2D eigenvalue weighted by Gasteiger charge is 2.16. The van der Waals surface area contributed by atoms with Crippen LogP contribution >= 0.6 is 0 Å². The number of hydrogen-bond acceptors (Lipinski definition) is 2. The molecule has 0 atom stereocenters. The second kappa shape index (κ2) is 5.09. The minimum atomic E-state index is -0.115. The van der Waals surface area contributed by atoms with Crippen molar-refractivity contribution in [2.24, 2.45) is 0 Å². The van der Waals surface area contributed by atoms with E-state index < -0.39 is 0 Å². The number of benzene rings is 1. The smallest absolute Gasteiger partial charge is 0.120 e. The first-order valence-electron chi connectivity index (χ1n) is 6.54. The molecule has 0 amide bonds.